The van der Waals surface area contributed by atoms with E-state index < -0.39 is 11.9 Å². The van der Waals surface area contributed by atoms with Crippen molar-refractivity contribution in [2.45, 2.75) is 19.8 Å². The molecular weight excluding hydrogens is 192 g/mol. The summed E-state index contributed by atoms with van der Waals surface area (Å²) in [6.45, 7) is 4.21. The zero-order valence-electron chi connectivity index (χ0n) is 8.86. The maximum Gasteiger partial charge on any atom is 0.310 e. The van der Waals surface area contributed by atoms with Gasteiger partial charge in [-0.3, -0.25) is 4.79 Å². The molecule has 1 heterocycles. The van der Waals surface area contributed by atoms with Crippen LogP contribution >= 0.6 is 0 Å². The summed E-state index contributed by atoms with van der Waals surface area (Å²) in [5.41, 5.74) is 2.14. The molecule has 0 spiro atoms. The third-order valence-corrected chi connectivity index (χ3v) is 3.08. The van der Waals surface area contributed by atoms with Gasteiger partial charge in [0.1, 0.15) is 12.4 Å². The van der Waals surface area contributed by atoms with Crippen LogP contribution in [0.5, 0.6) is 5.75 Å². The van der Waals surface area contributed by atoms with Gasteiger partial charge in [0.05, 0.1) is 5.92 Å². The Morgan fingerprint density at radius 2 is 2.27 bits per heavy atom. The zero-order valence-corrected chi connectivity index (χ0v) is 8.86. The van der Waals surface area contributed by atoms with Crippen molar-refractivity contribution in [2.75, 3.05) is 6.61 Å². The van der Waals surface area contributed by atoms with Crippen LogP contribution in [0.4, 0.5) is 0 Å². The standard InChI is InChI=1S/C12H14O3/c1-7-4-3-5-10-11(7)8(2)9(6-15-10)12(13)14/h3-5,8-9H,6H2,1-2H3,(H,13,14). The van der Waals surface area contributed by atoms with Gasteiger partial charge in [0, 0.05) is 11.5 Å². The molecule has 0 saturated heterocycles. The first-order valence-corrected chi connectivity index (χ1v) is 5.06. The molecular formula is C12H14O3. The molecule has 1 aliphatic heterocycles. The number of benzene rings is 1. The Kier molecular flexibility index (Phi) is 2.39. The quantitative estimate of drug-likeness (QED) is 0.766. The van der Waals surface area contributed by atoms with Gasteiger partial charge in [-0.15, -0.1) is 0 Å². The molecule has 0 radical (unpaired) electrons. The van der Waals surface area contributed by atoms with Gasteiger partial charge < -0.3 is 9.84 Å². The molecule has 1 aromatic rings. The van der Waals surface area contributed by atoms with Crippen LogP contribution in [-0.2, 0) is 4.79 Å². The fraction of sp³-hybridized carbons (Fsp3) is 0.417. The predicted octanol–water partition coefficient (Wildman–Crippen LogP) is 2.19. The molecule has 3 heteroatoms. The van der Waals surface area contributed by atoms with Crippen molar-refractivity contribution in [1.82, 2.24) is 0 Å². The van der Waals surface area contributed by atoms with Crippen molar-refractivity contribution in [3.8, 4) is 5.75 Å². The number of hydrogen-bond acceptors (Lipinski definition) is 2. The molecule has 0 aliphatic carbocycles. The van der Waals surface area contributed by atoms with Gasteiger partial charge in [0.25, 0.3) is 0 Å². The number of ether oxygens (including phenoxy) is 1. The monoisotopic (exact) mass is 206 g/mol. The molecule has 0 saturated carbocycles. The maximum atomic E-state index is 11.0. The normalized spacial score (nSPS) is 24.1. The van der Waals surface area contributed by atoms with Crippen LogP contribution in [0.25, 0.3) is 0 Å². The molecule has 1 aliphatic rings. The smallest absolute Gasteiger partial charge is 0.310 e. The lowest BCUT2D eigenvalue weighted by atomic mass is 9.83. The van der Waals surface area contributed by atoms with Crippen LogP contribution in [0.3, 0.4) is 0 Å². The highest BCUT2D eigenvalue weighted by Gasteiger charge is 2.33. The lowest BCUT2D eigenvalue weighted by Crippen LogP contribution is -2.31. The first-order chi connectivity index (χ1) is 7.11. The lowest BCUT2D eigenvalue weighted by Gasteiger charge is -2.29. The summed E-state index contributed by atoms with van der Waals surface area (Å²) >= 11 is 0. The van der Waals surface area contributed by atoms with Crippen LogP contribution in [0, 0.1) is 12.8 Å². The van der Waals surface area contributed by atoms with Gasteiger partial charge in [-0.25, -0.2) is 0 Å². The molecule has 1 N–H and O–H groups in total. The third-order valence-electron chi connectivity index (χ3n) is 3.08. The molecule has 80 valence electrons. The Morgan fingerprint density at radius 3 is 2.93 bits per heavy atom. The first-order valence-electron chi connectivity index (χ1n) is 5.06. The molecule has 1 aromatic carbocycles. The Labute approximate surface area is 88.7 Å². The predicted molar refractivity (Wildman–Crippen MR) is 56.2 cm³/mol. The van der Waals surface area contributed by atoms with E-state index >= 15 is 0 Å². The molecule has 0 bridgehead atoms. The van der Waals surface area contributed by atoms with E-state index in [4.69, 9.17) is 9.84 Å². The third kappa shape index (κ3) is 1.58. The maximum absolute atomic E-state index is 11.0. The summed E-state index contributed by atoms with van der Waals surface area (Å²) in [6.07, 6.45) is 0. The SMILES string of the molecule is Cc1cccc2c1C(C)C(C(=O)O)CO2. The minimum Gasteiger partial charge on any atom is -0.492 e. The molecule has 2 unspecified atom stereocenters. The summed E-state index contributed by atoms with van der Waals surface area (Å²) in [5.74, 6) is -0.359. The average molecular weight is 206 g/mol. The number of carboxylic acids is 1. The second kappa shape index (κ2) is 3.57. The number of rotatable bonds is 1. The molecule has 0 aromatic heterocycles. The number of fused-ring (bicyclic) bond motifs is 1. The minimum absolute atomic E-state index is 0.0208. The number of aryl methyl sites for hydroxylation is 1. The summed E-state index contributed by atoms with van der Waals surface area (Å²) in [6, 6.07) is 5.82. The van der Waals surface area contributed by atoms with E-state index in [0.717, 1.165) is 16.9 Å². The number of carboxylic acid groups (broad SMARTS) is 1. The number of aliphatic carboxylic acids is 1. The summed E-state index contributed by atoms with van der Waals surface area (Å²) in [4.78, 5) is 11.0. The fourth-order valence-corrected chi connectivity index (χ4v) is 2.17. The van der Waals surface area contributed by atoms with Crippen molar-refractivity contribution in [1.29, 1.82) is 0 Å². The highest BCUT2D eigenvalue weighted by atomic mass is 16.5. The van der Waals surface area contributed by atoms with Crippen LogP contribution in [-0.4, -0.2) is 17.7 Å². The molecule has 2 atom stereocenters. The molecule has 0 amide bonds. The summed E-state index contributed by atoms with van der Waals surface area (Å²) in [7, 11) is 0. The van der Waals surface area contributed by atoms with Gasteiger partial charge >= 0.3 is 5.97 Å². The van der Waals surface area contributed by atoms with Gasteiger partial charge in [-0.05, 0) is 18.6 Å². The van der Waals surface area contributed by atoms with Gasteiger partial charge in [0.15, 0.2) is 0 Å². The minimum atomic E-state index is -0.781. The Balaban J connectivity index is 2.45. The Hall–Kier alpha value is -1.51. The van der Waals surface area contributed by atoms with Crippen molar-refractivity contribution < 1.29 is 14.6 Å². The molecule has 0 fully saturated rings. The highest BCUT2D eigenvalue weighted by molar-refractivity contribution is 5.72. The molecule has 15 heavy (non-hydrogen) atoms. The van der Waals surface area contributed by atoms with Gasteiger partial charge in [-0.2, -0.15) is 0 Å². The van der Waals surface area contributed by atoms with E-state index in [-0.39, 0.29) is 12.5 Å². The molecule has 2 rings (SSSR count). The number of hydrogen-bond donors (Lipinski definition) is 1. The molecule has 3 nitrogen and oxygen atoms in total. The van der Waals surface area contributed by atoms with E-state index in [9.17, 15) is 4.79 Å². The van der Waals surface area contributed by atoms with E-state index in [1.54, 1.807) is 0 Å². The van der Waals surface area contributed by atoms with Crippen LogP contribution in [0.2, 0.25) is 0 Å². The summed E-state index contributed by atoms with van der Waals surface area (Å²) in [5, 5.41) is 9.05. The Morgan fingerprint density at radius 1 is 1.53 bits per heavy atom. The lowest BCUT2D eigenvalue weighted by molar-refractivity contribution is -0.144. The number of carbonyl (C=O) groups is 1. The average Bonchev–Trinajstić information content (AvgIpc) is 2.17. The summed E-state index contributed by atoms with van der Waals surface area (Å²) < 4.78 is 5.47. The largest absolute Gasteiger partial charge is 0.492 e. The Bertz CT molecular complexity index is 398. The van der Waals surface area contributed by atoms with E-state index in [1.165, 1.54) is 0 Å². The second-order valence-electron chi connectivity index (χ2n) is 4.03. The van der Waals surface area contributed by atoms with Crippen LogP contribution in [0.15, 0.2) is 18.2 Å². The first kappa shape index (κ1) is 10.0. The van der Waals surface area contributed by atoms with Gasteiger partial charge in [-0.1, -0.05) is 19.1 Å². The van der Waals surface area contributed by atoms with Crippen LogP contribution < -0.4 is 4.74 Å². The zero-order chi connectivity index (χ0) is 11.0. The second-order valence-corrected chi connectivity index (χ2v) is 4.03. The van der Waals surface area contributed by atoms with Crippen molar-refractivity contribution >= 4 is 5.97 Å². The fourth-order valence-electron chi connectivity index (χ4n) is 2.17. The van der Waals surface area contributed by atoms with Gasteiger partial charge in [0.2, 0.25) is 0 Å². The topological polar surface area (TPSA) is 46.5 Å². The van der Waals surface area contributed by atoms with Crippen LogP contribution in [0.1, 0.15) is 24.0 Å². The van der Waals surface area contributed by atoms with E-state index in [2.05, 4.69) is 0 Å². The van der Waals surface area contributed by atoms with Crippen molar-refractivity contribution in [3.63, 3.8) is 0 Å². The highest BCUT2D eigenvalue weighted by Crippen LogP contribution is 2.38. The van der Waals surface area contributed by atoms with E-state index in [1.807, 2.05) is 32.0 Å². The van der Waals surface area contributed by atoms with Crippen molar-refractivity contribution in [2.24, 2.45) is 5.92 Å². The van der Waals surface area contributed by atoms with E-state index in [0.29, 0.717) is 0 Å². The van der Waals surface area contributed by atoms with Crippen molar-refractivity contribution in [3.05, 3.63) is 29.3 Å².